The van der Waals surface area contributed by atoms with Crippen molar-refractivity contribution in [1.82, 2.24) is 5.32 Å². The van der Waals surface area contributed by atoms with Gasteiger partial charge in [0.25, 0.3) is 0 Å². The molecule has 0 bridgehead atoms. The molecule has 0 spiro atoms. The SMILES string of the molecule is CCc1ccc(NC(=O)NC2CC(=O)N(c3ccc(OC)c(OC)c3)C2)cc1. The highest BCUT2D eigenvalue weighted by molar-refractivity contribution is 5.98. The molecule has 1 unspecified atom stereocenters. The van der Waals surface area contributed by atoms with Crippen LogP contribution in [0.3, 0.4) is 0 Å². The molecule has 7 heteroatoms. The molecule has 3 rings (SSSR count). The maximum absolute atomic E-state index is 12.4. The molecule has 0 aliphatic carbocycles. The third kappa shape index (κ3) is 4.36. The van der Waals surface area contributed by atoms with Crippen LogP contribution < -0.4 is 25.0 Å². The van der Waals surface area contributed by atoms with Crippen molar-refractivity contribution in [1.29, 1.82) is 0 Å². The minimum absolute atomic E-state index is 0.0511. The summed E-state index contributed by atoms with van der Waals surface area (Å²) in [6, 6.07) is 12.4. The Balaban J connectivity index is 1.61. The van der Waals surface area contributed by atoms with Gasteiger partial charge in [0, 0.05) is 30.4 Å². The number of nitrogens with one attached hydrogen (secondary N) is 2. The summed E-state index contributed by atoms with van der Waals surface area (Å²) < 4.78 is 10.5. The second-order valence-electron chi connectivity index (χ2n) is 6.59. The van der Waals surface area contributed by atoms with Gasteiger partial charge in [-0.3, -0.25) is 4.79 Å². The van der Waals surface area contributed by atoms with Crippen molar-refractivity contribution in [2.24, 2.45) is 0 Å². The van der Waals surface area contributed by atoms with Crippen LogP contribution in [0.2, 0.25) is 0 Å². The number of amides is 3. The minimum Gasteiger partial charge on any atom is -0.493 e. The van der Waals surface area contributed by atoms with E-state index in [1.807, 2.05) is 24.3 Å². The van der Waals surface area contributed by atoms with E-state index in [0.29, 0.717) is 23.7 Å². The Hall–Kier alpha value is -3.22. The predicted octanol–water partition coefficient (Wildman–Crippen LogP) is 3.19. The number of aryl methyl sites for hydroxylation is 1. The highest BCUT2D eigenvalue weighted by atomic mass is 16.5. The lowest BCUT2D eigenvalue weighted by Crippen LogP contribution is -2.39. The number of hydrogen-bond donors (Lipinski definition) is 2. The van der Waals surface area contributed by atoms with Gasteiger partial charge in [-0.05, 0) is 36.2 Å². The van der Waals surface area contributed by atoms with E-state index in [1.54, 1.807) is 37.3 Å². The number of carbonyl (C=O) groups excluding carboxylic acids is 2. The van der Waals surface area contributed by atoms with Crippen LogP contribution in [0.5, 0.6) is 11.5 Å². The molecule has 1 fully saturated rings. The Kier molecular flexibility index (Phi) is 6.03. The quantitative estimate of drug-likeness (QED) is 0.803. The number of anilines is 2. The number of methoxy groups -OCH3 is 2. The lowest BCUT2D eigenvalue weighted by atomic mass is 10.1. The van der Waals surface area contributed by atoms with E-state index in [4.69, 9.17) is 9.47 Å². The first-order valence-electron chi connectivity index (χ1n) is 9.23. The Morgan fingerprint density at radius 2 is 1.82 bits per heavy atom. The van der Waals surface area contributed by atoms with Crippen LogP contribution in [0, 0.1) is 0 Å². The zero-order chi connectivity index (χ0) is 20.1. The summed E-state index contributed by atoms with van der Waals surface area (Å²) in [6.45, 7) is 2.48. The maximum Gasteiger partial charge on any atom is 0.319 e. The molecular formula is C21H25N3O4. The molecular weight excluding hydrogens is 358 g/mol. The lowest BCUT2D eigenvalue weighted by molar-refractivity contribution is -0.117. The number of rotatable bonds is 6. The smallest absolute Gasteiger partial charge is 0.319 e. The first kappa shape index (κ1) is 19.5. The third-order valence-corrected chi connectivity index (χ3v) is 4.76. The van der Waals surface area contributed by atoms with Gasteiger partial charge in [-0.2, -0.15) is 0 Å². The van der Waals surface area contributed by atoms with Crippen molar-refractivity contribution in [3.63, 3.8) is 0 Å². The first-order valence-corrected chi connectivity index (χ1v) is 9.23. The van der Waals surface area contributed by atoms with Crippen molar-refractivity contribution in [2.45, 2.75) is 25.8 Å². The standard InChI is InChI=1S/C21H25N3O4/c1-4-14-5-7-15(8-6-14)22-21(26)23-16-11-20(25)24(13-16)17-9-10-18(27-2)19(12-17)28-3/h5-10,12,16H,4,11,13H2,1-3H3,(H2,22,23,26). The number of ether oxygens (including phenoxy) is 2. The van der Waals surface area contributed by atoms with Gasteiger partial charge in [0.05, 0.1) is 20.3 Å². The Bertz CT molecular complexity index is 851. The molecule has 7 nitrogen and oxygen atoms in total. The fraction of sp³-hybridized carbons (Fsp3) is 0.333. The molecule has 1 saturated heterocycles. The van der Waals surface area contributed by atoms with E-state index in [-0.39, 0.29) is 24.4 Å². The number of nitrogens with zero attached hydrogens (tertiary/aromatic N) is 1. The minimum atomic E-state index is -0.323. The van der Waals surface area contributed by atoms with Crippen LogP contribution in [0.15, 0.2) is 42.5 Å². The summed E-state index contributed by atoms with van der Waals surface area (Å²) in [6.07, 6.45) is 1.19. The molecule has 28 heavy (non-hydrogen) atoms. The van der Waals surface area contributed by atoms with Crippen LogP contribution in [0.25, 0.3) is 0 Å². The van der Waals surface area contributed by atoms with E-state index in [2.05, 4.69) is 17.6 Å². The van der Waals surface area contributed by atoms with E-state index < -0.39 is 0 Å². The van der Waals surface area contributed by atoms with Crippen LogP contribution in [0.1, 0.15) is 18.9 Å². The summed E-state index contributed by atoms with van der Waals surface area (Å²) in [4.78, 5) is 26.3. The lowest BCUT2D eigenvalue weighted by Gasteiger charge is -2.19. The maximum atomic E-state index is 12.4. The molecule has 2 N–H and O–H groups in total. The van der Waals surface area contributed by atoms with Gasteiger partial charge in [0.1, 0.15) is 0 Å². The molecule has 0 aromatic heterocycles. The second kappa shape index (κ2) is 8.65. The van der Waals surface area contributed by atoms with Crippen molar-refractivity contribution < 1.29 is 19.1 Å². The van der Waals surface area contributed by atoms with Gasteiger partial charge >= 0.3 is 6.03 Å². The van der Waals surface area contributed by atoms with E-state index in [0.717, 1.165) is 12.1 Å². The molecule has 0 radical (unpaired) electrons. The molecule has 1 heterocycles. The van der Waals surface area contributed by atoms with E-state index in [1.165, 1.54) is 5.56 Å². The van der Waals surface area contributed by atoms with Crippen LogP contribution in [0.4, 0.5) is 16.2 Å². The molecule has 1 atom stereocenters. The highest BCUT2D eigenvalue weighted by Gasteiger charge is 2.32. The normalized spacial score (nSPS) is 16.0. The second-order valence-corrected chi connectivity index (χ2v) is 6.59. The fourth-order valence-electron chi connectivity index (χ4n) is 3.22. The molecule has 2 aromatic rings. The predicted molar refractivity (Wildman–Crippen MR) is 108 cm³/mol. The molecule has 1 aliphatic heterocycles. The number of carbonyl (C=O) groups is 2. The van der Waals surface area contributed by atoms with Crippen LogP contribution in [-0.4, -0.2) is 38.7 Å². The van der Waals surface area contributed by atoms with Gasteiger partial charge in [-0.25, -0.2) is 4.79 Å². The molecule has 1 aliphatic rings. The Morgan fingerprint density at radius 1 is 1.11 bits per heavy atom. The highest BCUT2D eigenvalue weighted by Crippen LogP contribution is 2.33. The average molecular weight is 383 g/mol. The largest absolute Gasteiger partial charge is 0.493 e. The van der Waals surface area contributed by atoms with E-state index in [9.17, 15) is 9.59 Å². The van der Waals surface area contributed by atoms with Crippen molar-refractivity contribution >= 4 is 23.3 Å². The summed E-state index contributed by atoms with van der Waals surface area (Å²) in [5.74, 6) is 1.10. The molecule has 148 valence electrons. The average Bonchev–Trinajstić information content (AvgIpc) is 3.07. The van der Waals surface area contributed by atoms with Crippen molar-refractivity contribution in [3.05, 3.63) is 48.0 Å². The zero-order valence-electron chi connectivity index (χ0n) is 16.3. The zero-order valence-corrected chi connectivity index (χ0v) is 16.3. The molecule has 0 saturated carbocycles. The monoisotopic (exact) mass is 383 g/mol. The van der Waals surface area contributed by atoms with Gasteiger partial charge in [0.15, 0.2) is 11.5 Å². The summed E-state index contributed by atoms with van der Waals surface area (Å²) in [5, 5.41) is 5.68. The van der Waals surface area contributed by atoms with Crippen LogP contribution in [-0.2, 0) is 11.2 Å². The summed E-state index contributed by atoms with van der Waals surface area (Å²) in [5.41, 5.74) is 2.64. The topological polar surface area (TPSA) is 79.9 Å². The van der Waals surface area contributed by atoms with Gasteiger partial charge in [-0.1, -0.05) is 19.1 Å². The Morgan fingerprint density at radius 3 is 2.46 bits per heavy atom. The number of hydrogen-bond acceptors (Lipinski definition) is 4. The van der Waals surface area contributed by atoms with Crippen molar-refractivity contribution in [2.75, 3.05) is 31.0 Å². The molecule has 2 aromatic carbocycles. The first-order chi connectivity index (χ1) is 13.5. The van der Waals surface area contributed by atoms with Crippen molar-refractivity contribution in [3.8, 4) is 11.5 Å². The van der Waals surface area contributed by atoms with E-state index >= 15 is 0 Å². The number of benzene rings is 2. The fourth-order valence-corrected chi connectivity index (χ4v) is 3.22. The summed E-state index contributed by atoms with van der Waals surface area (Å²) in [7, 11) is 3.11. The third-order valence-electron chi connectivity index (χ3n) is 4.76. The number of urea groups is 1. The van der Waals surface area contributed by atoms with Crippen LogP contribution >= 0.6 is 0 Å². The van der Waals surface area contributed by atoms with Gasteiger partial charge in [-0.15, -0.1) is 0 Å². The summed E-state index contributed by atoms with van der Waals surface area (Å²) >= 11 is 0. The molecule has 3 amide bonds. The van der Waals surface area contributed by atoms with Gasteiger partial charge < -0.3 is 25.0 Å². The Labute approximate surface area is 164 Å². The van der Waals surface area contributed by atoms with Gasteiger partial charge in [0.2, 0.25) is 5.91 Å².